The average molecular weight is 430 g/mol. The van der Waals surface area contributed by atoms with Gasteiger partial charge in [-0.15, -0.1) is 0 Å². The first-order valence-corrected chi connectivity index (χ1v) is 11.6. The van der Waals surface area contributed by atoms with Crippen molar-refractivity contribution in [3.05, 3.63) is 54.3 Å². The van der Waals surface area contributed by atoms with E-state index < -0.39 is 15.9 Å². The molecule has 1 amide bonds. The van der Waals surface area contributed by atoms with Crippen molar-refractivity contribution in [3.63, 3.8) is 0 Å². The maximum absolute atomic E-state index is 13.5. The normalized spacial score (nSPS) is 11.8. The van der Waals surface area contributed by atoms with Crippen LogP contribution in [0.15, 0.2) is 57.9 Å². The minimum absolute atomic E-state index is 0.209. The number of amides is 1. The Morgan fingerprint density at radius 1 is 1.10 bits per heavy atom. The Labute approximate surface area is 177 Å². The fraction of sp³-hybridized carbons (Fsp3) is 0.364. The minimum Gasteiger partial charge on any atom is -0.360 e. The fourth-order valence-electron chi connectivity index (χ4n) is 3.33. The van der Waals surface area contributed by atoms with Crippen LogP contribution < -0.4 is 5.32 Å². The third-order valence-corrected chi connectivity index (χ3v) is 6.75. The highest BCUT2D eigenvalue weighted by Crippen LogP contribution is 2.26. The van der Waals surface area contributed by atoms with Crippen molar-refractivity contribution in [2.45, 2.75) is 44.4 Å². The second kappa shape index (κ2) is 9.86. The Morgan fingerprint density at radius 3 is 2.60 bits per heavy atom. The van der Waals surface area contributed by atoms with Gasteiger partial charge in [0.2, 0.25) is 15.9 Å². The molecule has 0 radical (unpaired) electrons. The van der Waals surface area contributed by atoms with Gasteiger partial charge in [-0.2, -0.15) is 4.31 Å². The van der Waals surface area contributed by atoms with Crippen LogP contribution >= 0.6 is 0 Å². The molecule has 7 nitrogen and oxygen atoms in total. The lowest BCUT2D eigenvalue weighted by Crippen LogP contribution is -2.38. The van der Waals surface area contributed by atoms with Crippen LogP contribution in [-0.2, 0) is 14.8 Å². The van der Waals surface area contributed by atoms with E-state index in [1.54, 1.807) is 31.2 Å². The molecule has 0 aliphatic heterocycles. The molecular weight excluding hydrogens is 402 g/mol. The number of fused-ring (bicyclic) bond motifs is 1. The van der Waals surface area contributed by atoms with Crippen molar-refractivity contribution in [3.8, 4) is 0 Å². The lowest BCUT2D eigenvalue weighted by atomic mass is 10.1. The van der Waals surface area contributed by atoms with E-state index >= 15 is 0 Å². The van der Waals surface area contributed by atoms with Crippen LogP contribution in [0.1, 0.15) is 38.4 Å². The number of carbonyl (C=O) groups is 1. The van der Waals surface area contributed by atoms with E-state index in [-0.39, 0.29) is 23.8 Å². The first-order valence-electron chi connectivity index (χ1n) is 10.1. The Hall–Kier alpha value is -2.71. The van der Waals surface area contributed by atoms with Crippen LogP contribution in [0.4, 0.5) is 5.82 Å². The molecule has 0 spiro atoms. The number of nitrogens with one attached hydrogen (secondary N) is 1. The van der Waals surface area contributed by atoms with Gasteiger partial charge in [-0.1, -0.05) is 67.7 Å². The molecule has 0 saturated carbocycles. The molecular formula is C22H27N3O4S. The maximum Gasteiger partial charge on any atom is 0.244 e. The molecule has 8 heteroatoms. The van der Waals surface area contributed by atoms with E-state index in [9.17, 15) is 13.2 Å². The van der Waals surface area contributed by atoms with Gasteiger partial charge in [-0.3, -0.25) is 4.79 Å². The van der Waals surface area contributed by atoms with Gasteiger partial charge in [0.1, 0.15) is 5.76 Å². The van der Waals surface area contributed by atoms with Crippen LogP contribution in [0.3, 0.4) is 0 Å². The Kier molecular flexibility index (Phi) is 7.23. The summed E-state index contributed by atoms with van der Waals surface area (Å²) in [6, 6.07) is 14.1. The zero-order valence-electron chi connectivity index (χ0n) is 17.3. The number of nitrogens with zero attached hydrogens (tertiary/aromatic N) is 2. The minimum atomic E-state index is -3.87. The number of carbonyl (C=O) groups excluding carboxylic acids is 1. The zero-order chi connectivity index (χ0) is 21.6. The lowest BCUT2D eigenvalue weighted by molar-refractivity contribution is -0.116. The van der Waals surface area contributed by atoms with Crippen LogP contribution in [-0.4, -0.2) is 36.9 Å². The van der Waals surface area contributed by atoms with Gasteiger partial charge >= 0.3 is 0 Å². The summed E-state index contributed by atoms with van der Waals surface area (Å²) in [7, 11) is -3.87. The summed E-state index contributed by atoms with van der Waals surface area (Å²) < 4.78 is 33.2. The predicted molar refractivity (Wildman–Crippen MR) is 117 cm³/mol. The summed E-state index contributed by atoms with van der Waals surface area (Å²) in [4.78, 5) is 12.8. The first kappa shape index (κ1) is 22.0. The van der Waals surface area contributed by atoms with Gasteiger partial charge in [0.15, 0.2) is 5.82 Å². The monoisotopic (exact) mass is 429 g/mol. The number of rotatable bonds is 10. The third kappa shape index (κ3) is 5.25. The van der Waals surface area contributed by atoms with Crippen LogP contribution in [0.5, 0.6) is 0 Å². The second-order valence-electron chi connectivity index (χ2n) is 7.25. The molecule has 0 aliphatic carbocycles. The van der Waals surface area contributed by atoms with Gasteiger partial charge in [0.25, 0.3) is 0 Å². The highest BCUT2D eigenvalue weighted by molar-refractivity contribution is 7.89. The molecule has 0 unspecified atom stereocenters. The molecule has 2 aromatic carbocycles. The number of hydrogen-bond donors (Lipinski definition) is 1. The Balaban J connectivity index is 1.86. The van der Waals surface area contributed by atoms with Gasteiger partial charge in [-0.25, -0.2) is 8.42 Å². The van der Waals surface area contributed by atoms with Crippen molar-refractivity contribution >= 4 is 32.5 Å². The second-order valence-corrected chi connectivity index (χ2v) is 9.15. The number of anilines is 1. The number of unbranched alkanes of at least 4 members (excludes halogenated alkanes) is 3. The molecule has 0 fully saturated rings. The summed E-state index contributed by atoms with van der Waals surface area (Å²) >= 11 is 0. The molecule has 1 aromatic heterocycles. The van der Waals surface area contributed by atoms with E-state index in [2.05, 4.69) is 17.4 Å². The number of hydrogen-bond acceptors (Lipinski definition) is 5. The Bertz CT molecular complexity index is 1100. The van der Waals surface area contributed by atoms with Crippen molar-refractivity contribution < 1.29 is 17.7 Å². The molecule has 0 bridgehead atoms. The Morgan fingerprint density at radius 2 is 1.87 bits per heavy atom. The van der Waals surface area contributed by atoms with Crippen molar-refractivity contribution in [1.82, 2.24) is 9.46 Å². The van der Waals surface area contributed by atoms with Gasteiger partial charge in [-0.05, 0) is 24.8 Å². The number of aryl methyl sites for hydroxylation is 1. The topological polar surface area (TPSA) is 92.5 Å². The standard InChI is InChI=1S/C22H27N3O4S/c1-3-4-5-8-14-25(16-22(26)23-21-15-17(2)29-24-21)30(27,28)20-13-9-11-18-10-6-7-12-19(18)20/h6-7,9-13,15H,3-5,8,14,16H2,1-2H3,(H,23,24,26). The van der Waals surface area contributed by atoms with Crippen molar-refractivity contribution in [2.75, 3.05) is 18.4 Å². The SMILES string of the molecule is CCCCCCN(CC(=O)Nc1cc(C)on1)S(=O)(=O)c1cccc2ccccc12. The van der Waals surface area contributed by atoms with Crippen LogP contribution in [0.2, 0.25) is 0 Å². The quantitative estimate of drug-likeness (QED) is 0.484. The van der Waals surface area contributed by atoms with Gasteiger partial charge < -0.3 is 9.84 Å². The molecule has 1 N–H and O–H groups in total. The number of benzene rings is 2. The smallest absolute Gasteiger partial charge is 0.244 e. The van der Waals surface area contributed by atoms with E-state index in [1.165, 1.54) is 4.31 Å². The third-order valence-electron chi connectivity index (χ3n) is 4.84. The van der Waals surface area contributed by atoms with E-state index in [0.29, 0.717) is 17.6 Å². The molecule has 0 saturated heterocycles. The van der Waals surface area contributed by atoms with Crippen LogP contribution in [0.25, 0.3) is 10.8 Å². The van der Waals surface area contributed by atoms with Crippen molar-refractivity contribution in [2.24, 2.45) is 0 Å². The highest BCUT2D eigenvalue weighted by Gasteiger charge is 2.28. The predicted octanol–water partition coefficient (Wildman–Crippen LogP) is 4.35. The lowest BCUT2D eigenvalue weighted by Gasteiger charge is -2.22. The fourth-order valence-corrected chi connectivity index (χ4v) is 4.98. The highest BCUT2D eigenvalue weighted by atomic mass is 32.2. The van der Waals surface area contributed by atoms with Crippen LogP contribution in [0, 0.1) is 6.92 Å². The number of sulfonamides is 1. The van der Waals surface area contributed by atoms with E-state index in [1.807, 2.05) is 24.3 Å². The molecule has 0 aliphatic rings. The first-order chi connectivity index (χ1) is 14.4. The maximum atomic E-state index is 13.5. The molecule has 30 heavy (non-hydrogen) atoms. The van der Waals surface area contributed by atoms with Crippen molar-refractivity contribution in [1.29, 1.82) is 0 Å². The van der Waals surface area contributed by atoms with Gasteiger partial charge in [0.05, 0.1) is 11.4 Å². The molecule has 0 atom stereocenters. The summed E-state index contributed by atoms with van der Waals surface area (Å²) in [5, 5.41) is 7.83. The zero-order valence-corrected chi connectivity index (χ0v) is 18.1. The molecule has 3 aromatic rings. The molecule has 3 rings (SSSR count). The average Bonchev–Trinajstić information content (AvgIpc) is 3.14. The number of aromatic nitrogens is 1. The largest absolute Gasteiger partial charge is 0.360 e. The molecule has 1 heterocycles. The van der Waals surface area contributed by atoms with E-state index in [0.717, 1.165) is 24.6 Å². The van der Waals surface area contributed by atoms with E-state index in [4.69, 9.17) is 4.52 Å². The summed E-state index contributed by atoms with van der Waals surface area (Å²) in [5.41, 5.74) is 0. The summed E-state index contributed by atoms with van der Waals surface area (Å²) in [6.07, 6.45) is 3.66. The van der Waals surface area contributed by atoms with Gasteiger partial charge in [0, 0.05) is 18.0 Å². The summed E-state index contributed by atoms with van der Waals surface area (Å²) in [5.74, 6) is 0.374. The summed E-state index contributed by atoms with van der Waals surface area (Å²) in [6.45, 7) is 3.80. The molecule has 160 valence electrons.